The van der Waals surface area contributed by atoms with E-state index < -0.39 is 23.3 Å². The van der Waals surface area contributed by atoms with Crippen LogP contribution in [0.1, 0.15) is 38.4 Å². The molecule has 0 radical (unpaired) electrons. The van der Waals surface area contributed by atoms with Crippen LogP contribution in [0.2, 0.25) is 0 Å². The van der Waals surface area contributed by atoms with E-state index in [0.717, 1.165) is 18.2 Å². The van der Waals surface area contributed by atoms with Crippen molar-refractivity contribution >= 4 is 5.78 Å². The minimum Gasteiger partial charge on any atom is -0.318 e. The number of H-pyrrole nitrogens is 1. The number of halogens is 4. The van der Waals surface area contributed by atoms with E-state index >= 15 is 0 Å². The number of alkyl halides is 3. The third-order valence-electron chi connectivity index (χ3n) is 5.91. The Kier molecular flexibility index (Phi) is 6.57. The smallest absolute Gasteiger partial charge is 0.318 e. The average molecular weight is 533 g/mol. The number of imidazole rings is 2. The summed E-state index contributed by atoms with van der Waals surface area (Å²) >= 11 is 0. The Balaban J connectivity index is 1.42. The summed E-state index contributed by atoms with van der Waals surface area (Å²) in [6.07, 6.45) is 0.879. The monoisotopic (exact) mass is 533 g/mol. The number of carbonyl (C=O) groups excluding carboxylic acids is 1. The van der Waals surface area contributed by atoms with Gasteiger partial charge in [0.1, 0.15) is 17.8 Å². The van der Waals surface area contributed by atoms with Gasteiger partial charge in [0.05, 0.1) is 29.3 Å². The molecule has 0 aliphatic heterocycles. The number of hydrogen-bond donors (Lipinski definition) is 1. The Morgan fingerprint density at radius 2 is 1.90 bits per heavy atom. The molecule has 0 saturated carbocycles. The summed E-state index contributed by atoms with van der Waals surface area (Å²) in [6.45, 7) is 1.72. The molecule has 5 rings (SSSR count). The molecule has 0 bridgehead atoms. The number of nitrogens with zero attached hydrogens (tertiary/aromatic N) is 6. The van der Waals surface area contributed by atoms with Crippen molar-refractivity contribution < 1.29 is 22.4 Å². The van der Waals surface area contributed by atoms with Gasteiger partial charge in [0.2, 0.25) is 0 Å². The first-order valence-corrected chi connectivity index (χ1v) is 11.5. The summed E-state index contributed by atoms with van der Waals surface area (Å²) in [5.41, 5.74) is 0.657. The predicted molar refractivity (Wildman–Crippen MR) is 132 cm³/mol. The van der Waals surface area contributed by atoms with Gasteiger partial charge in [-0.2, -0.15) is 18.3 Å². The third-order valence-corrected chi connectivity index (χ3v) is 5.91. The van der Waals surface area contributed by atoms with Gasteiger partial charge in [-0.05, 0) is 54.8 Å². The van der Waals surface area contributed by atoms with Crippen molar-refractivity contribution in [2.45, 2.75) is 19.5 Å². The summed E-state index contributed by atoms with van der Waals surface area (Å²) < 4.78 is 58.4. The van der Waals surface area contributed by atoms with Crippen molar-refractivity contribution in [2.24, 2.45) is 7.05 Å². The second-order valence-electron chi connectivity index (χ2n) is 8.71. The molecule has 3 aromatic heterocycles. The van der Waals surface area contributed by atoms with E-state index in [-0.39, 0.29) is 28.8 Å². The van der Waals surface area contributed by atoms with E-state index in [9.17, 15) is 22.4 Å². The number of benzene rings is 2. The van der Waals surface area contributed by atoms with Crippen LogP contribution < -0.4 is 0 Å². The molecule has 0 fully saturated rings. The summed E-state index contributed by atoms with van der Waals surface area (Å²) in [5.74, 6) is 5.31. The summed E-state index contributed by atoms with van der Waals surface area (Å²) in [4.78, 5) is 25.4. The number of aromatic nitrogens is 7. The van der Waals surface area contributed by atoms with E-state index in [2.05, 4.69) is 37.0 Å². The van der Waals surface area contributed by atoms with Crippen molar-refractivity contribution in [3.63, 3.8) is 0 Å². The Bertz CT molecular complexity index is 1740. The first-order valence-electron chi connectivity index (χ1n) is 11.5. The largest absolute Gasteiger partial charge is 0.416 e. The highest BCUT2D eigenvalue weighted by molar-refractivity contribution is 5.98. The summed E-state index contributed by atoms with van der Waals surface area (Å²) in [5, 5.41) is 6.48. The molecule has 12 heteroatoms. The van der Waals surface area contributed by atoms with E-state index in [1.54, 1.807) is 24.7 Å². The molecule has 196 valence electrons. The molecule has 1 N–H and O–H groups in total. The fourth-order valence-corrected chi connectivity index (χ4v) is 3.92. The second-order valence-corrected chi connectivity index (χ2v) is 8.71. The van der Waals surface area contributed by atoms with Gasteiger partial charge in [0.15, 0.2) is 17.4 Å². The maximum atomic E-state index is 14.5. The Hall–Kier alpha value is -5.05. The van der Waals surface area contributed by atoms with Gasteiger partial charge in [0.25, 0.3) is 0 Å². The van der Waals surface area contributed by atoms with Crippen LogP contribution in [-0.4, -0.2) is 40.1 Å². The number of aryl methyl sites for hydroxylation is 1. The van der Waals surface area contributed by atoms with Crippen LogP contribution in [-0.2, 0) is 19.6 Å². The maximum absolute atomic E-state index is 14.5. The Morgan fingerprint density at radius 1 is 1.08 bits per heavy atom. The van der Waals surface area contributed by atoms with Crippen molar-refractivity contribution in [3.05, 3.63) is 101 Å². The molecule has 5 aromatic rings. The standard InChI is InChI=1S/C27H19F4N7O/c1-16-13-38(15-34-16)22-8-17(7-20(11-22)27(29,30)31)9-24(39)19-4-6-23(28)18(10-19)3-5-21-12-32-26(37(21)2)25-33-14-35-36-25/h4,6-8,10-15H,9H2,1-2H3,(H,33,35,36). The van der Waals surface area contributed by atoms with Crippen LogP contribution in [0.25, 0.3) is 17.3 Å². The number of hydrogen-bond acceptors (Lipinski definition) is 5. The van der Waals surface area contributed by atoms with Crippen LogP contribution in [0, 0.1) is 24.6 Å². The molecule has 0 amide bonds. The molecule has 39 heavy (non-hydrogen) atoms. The SMILES string of the molecule is Cc1cn(-c2cc(CC(=O)c3ccc(F)c(C#Cc4cnc(-c5ncn[nH]5)n4C)c3)cc(C(F)(F)F)c2)cn1. The number of nitrogens with one attached hydrogen (secondary N) is 1. The molecular weight excluding hydrogens is 514 g/mol. The van der Waals surface area contributed by atoms with Gasteiger partial charge in [-0.3, -0.25) is 9.89 Å². The maximum Gasteiger partial charge on any atom is 0.416 e. The Labute approximate surface area is 219 Å². The first kappa shape index (κ1) is 25.6. The number of rotatable bonds is 5. The van der Waals surface area contributed by atoms with Crippen LogP contribution in [0.5, 0.6) is 0 Å². The molecule has 0 aliphatic carbocycles. The molecule has 0 atom stereocenters. The van der Waals surface area contributed by atoms with E-state index in [0.29, 0.717) is 23.0 Å². The van der Waals surface area contributed by atoms with Crippen molar-refractivity contribution in [2.75, 3.05) is 0 Å². The van der Waals surface area contributed by atoms with Crippen molar-refractivity contribution in [1.82, 2.24) is 34.3 Å². The van der Waals surface area contributed by atoms with E-state index in [1.165, 1.54) is 41.6 Å². The normalized spacial score (nSPS) is 11.3. The molecule has 0 spiro atoms. The summed E-state index contributed by atoms with van der Waals surface area (Å²) in [6, 6.07) is 7.09. The molecule has 0 saturated heterocycles. The highest BCUT2D eigenvalue weighted by Gasteiger charge is 2.31. The van der Waals surface area contributed by atoms with Gasteiger partial charge in [-0.15, -0.1) is 0 Å². The minimum atomic E-state index is -4.61. The number of Topliss-reactive ketones (excluding diaryl/α,β-unsaturated/α-hetero) is 1. The molecule has 0 unspecified atom stereocenters. The zero-order valence-electron chi connectivity index (χ0n) is 20.6. The predicted octanol–water partition coefficient (Wildman–Crippen LogP) is 4.68. The highest BCUT2D eigenvalue weighted by atomic mass is 19.4. The highest BCUT2D eigenvalue weighted by Crippen LogP contribution is 2.32. The number of carbonyl (C=O) groups is 1. The van der Waals surface area contributed by atoms with Gasteiger partial charge >= 0.3 is 6.18 Å². The van der Waals surface area contributed by atoms with Crippen LogP contribution in [0.3, 0.4) is 0 Å². The second kappa shape index (κ2) is 10.0. The number of aromatic amines is 1. The molecular formula is C27H19F4N7O. The van der Waals surface area contributed by atoms with Crippen LogP contribution in [0.15, 0.2) is 61.4 Å². The molecule has 3 heterocycles. The average Bonchev–Trinajstić information content (AvgIpc) is 3.64. The first-order chi connectivity index (χ1) is 18.6. The van der Waals surface area contributed by atoms with Gasteiger partial charge in [0, 0.05) is 30.9 Å². The van der Waals surface area contributed by atoms with Gasteiger partial charge in [-0.25, -0.2) is 19.3 Å². The third kappa shape index (κ3) is 5.47. The molecule has 0 aliphatic rings. The lowest BCUT2D eigenvalue weighted by Crippen LogP contribution is -2.10. The van der Waals surface area contributed by atoms with Gasteiger partial charge < -0.3 is 9.13 Å². The quantitative estimate of drug-likeness (QED) is 0.201. The lowest BCUT2D eigenvalue weighted by atomic mass is 9.99. The van der Waals surface area contributed by atoms with Crippen LogP contribution in [0.4, 0.5) is 17.6 Å². The van der Waals surface area contributed by atoms with E-state index in [4.69, 9.17) is 0 Å². The topological polar surface area (TPSA) is 94.3 Å². The fraction of sp³-hybridized carbons (Fsp3) is 0.148. The number of ketones is 1. The fourth-order valence-electron chi connectivity index (χ4n) is 3.92. The van der Waals surface area contributed by atoms with Crippen molar-refractivity contribution in [1.29, 1.82) is 0 Å². The lowest BCUT2D eigenvalue weighted by Gasteiger charge is -2.13. The van der Waals surface area contributed by atoms with Crippen LogP contribution >= 0.6 is 0 Å². The van der Waals surface area contributed by atoms with Crippen molar-refractivity contribution in [3.8, 4) is 29.2 Å². The molecule has 2 aromatic carbocycles. The molecule has 8 nitrogen and oxygen atoms in total. The van der Waals surface area contributed by atoms with E-state index in [1.807, 2.05) is 0 Å². The minimum absolute atomic E-state index is 0.0399. The zero-order valence-corrected chi connectivity index (χ0v) is 20.6. The zero-order chi connectivity index (χ0) is 27.7. The lowest BCUT2D eigenvalue weighted by molar-refractivity contribution is -0.137. The van der Waals surface area contributed by atoms with Gasteiger partial charge in [-0.1, -0.05) is 5.92 Å². The Morgan fingerprint density at radius 3 is 2.59 bits per heavy atom. The summed E-state index contributed by atoms with van der Waals surface area (Å²) in [7, 11) is 1.71.